The maximum absolute atomic E-state index is 5.84. The fourth-order valence-corrected chi connectivity index (χ4v) is 1.79. The summed E-state index contributed by atoms with van der Waals surface area (Å²) in [5.74, 6) is 1.66. The van der Waals surface area contributed by atoms with Gasteiger partial charge < -0.3 is 9.15 Å². The van der Waals surface area contributed by atoms with Crippen molar-refractivity contribution in [3.8, 4) is 11.5 Å². The Morgan fingerprint density at radius 2 is 1.76 bits per heavy atom. The third kappa shape index (κ3) is 1.89. The van der Waals surface area contributed by atoms with Crippen LogP contribution in [0.4, 0.5) is 0 Å². The molecule has 1 heterocycles. The topological polar surface area (TPSA) is 22.4 Å². The van der Waals surface area contributed by atoms with E-state index >= 15 is 0 Å². The minimum absolute atomic E-state index is 0.820. The number of aryl methyl sites for hydroxylation is 1. The highest BCUT2D eigenvalue weighted by Crippen LogP contribution is 2.30. The van der Waals surface area contributed by atoms with Gasteiger partial charge in [0.2, 0.25) is 0 Å². The molecule has 2 nitrogen and oxygen atoms in total. The Kier molecular flexibility index (Phi) is 2.33. The fourth-order valence-electron chi connectivity index (χ4n) is 1.79. The predicted molar refractivity (Wildman–Crippen MR) is 67.5 cm³/mol. The van der Waals surface area contributed by atoms with E-state index in [-0.39, 0.29) is 0 Å². The number of hydrogen-bond acceptors (Lipinski definition) is 2. The molecule has 0 fully saturated rings. The average Bonchev–Trinajstić information content (AvgIpc) is 2.81. The van der Waals surface area contributed by atoms with Gasteiger partial charge in [-0.2, -0.15) is 0 Å². The van der Waals surface area contributed by atoms with Crippen molar-refractivity contribution in [3.05, 3.63) is 60.4 Å². The number of fused-ring (bicyclic) bond motifs is 1. The van der Waals surface area contributed by atoms with E-state index in [1.165, 1.54) is 5.56 Å². The maximum atomic E-state index is 5.84. The lowest BCUT2D eigenvalue weighted by atomic mass is 10.2. The van der Waals surface area contributed by atoms with Crippen LogP contribution in [-0.2, 0) is 0 Å². The second kappa shape index (κ2) is 3.98. The van der Waals surface area contributed by atoms with Gasteiger partial charge in [-0.3, -0.25) is 0 Å². The Labute approximate surface area is 99.4 Å². The summed E-state index contributed by atoms with van der Waals surface area (Å²) in [6.45, 7) is 2.06. The minimum atomic E-state index is 0.820. The largest absolute Gasteiger partial charge is 0.464 e. The molecule has 2 heteroatoms. The molecular weight excluding hydrogens is 212 g/mol. The molecule has 0 aliphatic carbocycles. The van der Waals surface area contributed by atoms with Crippen molar-refractivity contribution in [2.75, 3.05) is 0 Å². The summed E-state index contributed by atoms with van der Waals surface area (Å²) in [4.78, 5) is 0. The molecular formula is C15H12O2. The second-order valence-corrected chi connectivity index (χ2v) is 4.00. The van der Waals surface area contributed by atoms with Crippen LogP contribution in [0.3, 0.4) is 0 Å². The van der Waals surface area contributed by atoms with Gasteiger partial charge >= 0.3 is 0 Å². The lowest BCUT2D eigenvalue weighted by Gasteiger charge is -2.06. The van der Waals surface area contributed by atoms with Gasteiger partial charge in [0.15, 0.2) is 0 Å². The molecule has 84 valence electrons. The van der Waals surface area contributed by atoms with Gasteiger partial charge in [-0.05, 0) is 37.3 Å². The van der Waals surface area contributed by atoms with Crippen molar-refractivity contribution in [2.24, 2.45) is 0 Å². The number of ether oxygens (including phenoxy) is 1. The van der Waals surface area contributed by atoms with E-state index in [1.807, 2.05) is 48.5 Å². The summed E-state index contributed by atoms with van der Waals surface area (Å²) in [6, 6.07) is 15.7. The zero-order valence-corrected chi connectivity index (χ0v) is 9.51. The maximum Gasteiger partial charge on any atom is 0.138 e. The molecule has 0 saturated carbocycles. The van der Waals surface area contributed by atoms with E-state index < -0.39 is 0 Å². The average molecular weight is 224 g/mol. The molecule has 0 N–H and O–H groups in total. The summed E-state index contributed by atoms with van der Waals surface area (Å²) >= 11 is 0. The van der Waals surface area contributed by atoms with Crippen LogP contribution in [0, 0.1) is 6.92 Å². The monoisotopic (exact) mass is 224 g/mol. The van der Waals surface area contributed by atoms with Crippen LogP contribution >= 0.6 is 0 Å². The molecule has 0 amide bonds. The highest BCUT2D eigenvalue weighted by atomic mass is 16.5. The predicted octanol–water partition coefficient (Wildman–Crippen LogP) is 4.53. The van der Waals surface area contributed by atoms with Crippen molar-refractivity contribution in [2.45, 2.75) is 6.92 Å². The van der Waals surface area contributed by atoms with Crippen molar-refractivity contribution in [1.82, 2.24) is 0 Å². The molecule has 2 aromatic carbocycles. The first-order valence-electron chi connectivity index (χ1n) is 5.54. The first-order valence-corrected chi connectivity index (χ1v) is 5.54. The van der Waals surface area contributed by atoms with Crippen LogP contribution in [-0.4, -0.2) is 0 Å². The van der Waals surface area contributed by atoms with Gasteiger partial charge in [0.1, 0.15) is 17.1 Å². The SMILES string of the molecule is Cc1ccc(Oc2cccc3occc23)cc1. The third-order valence-corrected chi connectivity index (χ3v) is 2.70. The second-order valence-electron chi connectivity index (χ2n) is 4.00. The lowest BCUT2D eigenvalue weighted by molar-refractivity contribution is 0.488. The molecule has 17 heavy (non-hydrogen) atoms. The van der Waals surface area contributed by atoms with Crippen LogP contribution in [0.15, 0.2) is 59.2 Å². The molecule has 0 unspecified atom stereocenters. The van der Waals surface area contributed by atoms with Crippen molar-refractivity contribution < 1.29 is 9.15 Å². The van der Waals surface area contributed by atoms with Gasteiger partial charge in [0, 0.05) is 0 Å². The van der Waals surface area contributed by atoms with Gasteiger partial charge in [-0.15, -0.1) is 0 Å². The standard InChI is InChI=1S/C15H12O2/c1-11-5-7-12(8-6-11)17-15-4-2-3-14-13(15)9-10-16-14/h2-10H,1H3. The van der Waals surface area contributed by atoms with E-state index in [4.69, 9.17) is 9.15 Å². The third-order valence-electron chi connectivity index (χ3n) is 2.70. The van der Waals surface area contributed by atoms with E-state index in [1.54, 1.807) is 6.26 Å². The number of furan rings is 1. The first-order chi connectivity index (χ1) is 8.33. The summed E-state index contributed by atoms with van der Waals surface area (Å²) < 4.78 is 11.2. The summed E-state index contributed by atoms with van der Waals surface area (Å²) in [5.41, 5.74) is 2.06. The van der Waals surface area contributed by atoms with Gasteiger partial charge in [-0.25, -0.2) is 0 Å². The highest BCUT2D eigenvalue weighted by Gasteiger charge is 2.04. The van der Waals surface area contributed by atoms with E-state index in [0.29, 0.717) is 0 Å². The van der Waals surface area contributed by atoms with Crippen LogP contribution in [0.25, 0.3) is 11.0 Å². The molecule has 0 aliphatic rings. The first kappa shape index (κ1) is 9.97. The smallest absolute Gasteiger partial charge is 0.138 e. The van der Waals surface area contributed by atoms with Crippen LogP contribution in [0.5, 0.6) is 11.5 Å². The van der Waals surface area contributed by atoms with Crippen LogP contribution < -0.4 is 4.74 Å². The molecule has 0 spiro atoms. The summed E-state index contributed by atoms with van der Waals surface area (Å²) in [6.07, 6.45) is 1.67. The molecule has 3 rings (SSSR count). The minimum Gasteiger partial charge on any atom is -0.464 e. The number of hydrogen-bond donors (Lipinski definition) is 0. The molecule has 1 aromatic heterocycles. The lowest BCUT2D eigenvalue weighted by Crippen LogP contribution is -1.84. The Hall–Kier alpha value is -2.22. The Balaban J connectivity index is 1.99. The van der Waals surface area contributed by atoms with E-state index in [2.05, 4.69) is 6.92 Å². The van der Waals surface area contributed by atoms with Crippen molar-refractivity contribution in [3.63, 3.8) is 0 Å². The highest BCUT2D eigenvalue weighted by molar-refractivity contribution is 5.84. The Bertz CT molecular complexity index is 635. The van der Waals surface area contributed by atoms with Crippen LogP contribution in [0.1, 0.15) is 5.56 Å². The zero-order valence-electron chi connectivity index (χ0n) is 9.51. The van der Waals surface area contributed by atoms with Gasteiger partial charge in [-0.1, -0.05) is 23.8 Å². The zero-order chi connectivity index (χ0) is 11.7. The number of rotatable bonds is 2. The molecule has 0 saturated heterocycles. The Morgan fingerprint density at radius 3 is 2.59 bits per heavy atom. The molecule has 0 radical (unpaired) electrons. The molecule has 0 bridgehead atoms. The molecule has 3 aromatic rings. The number of benzene rings is 2. The van der Waals surface area contributed by atoms with Gasteiger partial charge in [0.25, 0.3) is 0 Å². The van der Waals surface area contributed by atoms with E-state index in [0.717, 1.165) is 22.5 Å². The van der Waals surface area contributed by atoms with Crippen LogP contribution in [0.2, 0.25) is 0 Å². The normalized spacial score (nSPS) is 10.6. The molecule has 0 aliphatic heterocycles. The molecule has 0 atom stereocenters. The Morgan fingerprint density at radius 1 is 0.941 bits per heavy atom. The van der Waals surface area contributed by atoms with Gasteiger partial charge in [0.05, 0.1) is 11.6 Å². The van der Waals surface area contributed by atoms with Crippen molar-refractivity contribution in [1.29, 1.82) is 0 Å². The van der Waals surface area contributed by atoms with Crippen molar-refractivity contribution >= 4 is 11.0 Å². The quantitative estimate of drug-likeness (QED) is 0.638. The van der Waals surface area contributed by atoms with E-state index in [9.17, 15) is 0 Å². The summed E-state index contributed by atoms with van der Waals surface area (Å²) in [7, 11) is 0. The summed E-state index contributed by atoms with van der Waals surface area (Å²) in [5, 5.41) is 0.994. The fraction of sp³-hybridized carbons (Fsp3) is 0.0667.